The fourth-order valence-electron chi connectivity index (χ4n) is 1.96. The Morgan fingerprint density at radius 1 is 1.50 bits per heavy atom. The molecule has 6 nitrogen and oxygen atoms in total. The summed E-state index contributed by atoms with van der Waals surface area (Å²) in [5, 5.41) is 9.75. The molecule has 9 heteroatoms. The highest BCUT2D eigenvalue weighted by Gasteiger charge is 2.20. The molecule has 0 spiro atoms. The summed E-state index contributed by atoms with van der Waals surface area (Å²) >= 11 is 13.2. The van der Waals surface area contributed by atoms with Crippen LogP contribution in [0.2, 0.25) is 10.0 Å². The summed E-state index contributed by atoms with van der Waals surface area (Å²) in [4.78, 5) is 11.0. The van der Waals surface area contributed by atoms with Gasteiger partial charge in [0.2, 0.25) is 5.91 Å². The molecule has 0 radical (unpaired) electrons. The van der Waals surface area contributed by atoms with E-state index in [1.807, 2.05) is 11.5 Å². The highest BCUT2D eigenvalue weighted by molar-refractivity contribution is 7.99. The predicted octanol–water partition coefficient (Wildman–Crippen LogP) is 3.49. The van der Waals surface area contributed by atoms with Crippen LogP contribution in [0.15, 0.2) is 36.0 Å². The van der Waals surface area contributed by atoms with Gasteiger partial charge in [0.25, 0.3) is 0 Å². The van der Waals surface area contributed by atoms with E-state index in [1.165, 1.54) is 11.8 Å². The fraction of sp³-hybridized carbons (Fsp3) is 0.267. The molecule has 0 fully saturated rings. The van der Waals surface area contributed by atoms with E-state index in [2.05, 4.69) is 16.8 Å². The van der Waals surface area contributed by atoms with Crippen LogP contribution in [0.25, 0.3) is 0 Å². The quantitative estimate of drug-likeness (QED) is 0.554. The lowest BCUT2D eigenvalue weighted by molar-refractivity contribution is -0.115. The molecule has 0 aliphatic carbocycles. The van der Waals surface area contributed by atoms with E-state index >= 15 is 0 Å². The Bertz CT molecular complexity index is 751. The largest absolute Gasteiger partial charge is 0.481 e. The molecule has 2 N–H and O–H groups in total. The van der Waals surface area contributed by atoms with E-state index in [9.17, 15) is 4.79 Å². The van der Waals surface area contributed by atoms with Gasteiger partial charge < -0.3 is 10.5 Å². The molecule has 0 aliphatic heterocycles. The minimum Gasteiger partial charge on any atom is -0.481 e. The van der Waals surface area contributed by atoms with Crippen LogP contribution < -0.4 is 10.5 Å². The molecule has 0 bridgehead atoms. The summed E-state index contributed by atoms with van der Waals surface area (Å²) in [6, 6.07) is 4.99. The van der Waals surface area contributed by atoms with Gasteiger partial charge in [-0.3, -0.25) is 9.36 Å². The Morgan fingerprint density at radius 3 is 2.88 bits per heavy atom. The van der Waals surface area contributed by atoms with Gasteiger partial charge in [-0.1, -0.05) is 41.0 Å². The maximum absolute atomic E-state index is 11.0. The Morgan fingerprint density at radius 2 is 2.25 bits per heavy atom. The third-order valence-corrected chi connectivity index (χ3v) is 4.48. The van der Waals surface area contributed by atoms with E-state index in [0.29, 0.717) is 33.3 Å². The summed E-state index contributed by atoms with van der Waals surface area (Å²) in [6.45, 7) is 6.03. The SMILES string of the molecule is C=CCn1c(SCC(N)=O)nnc1C(C)Oc1ccc(Cl)cc1Cl. The number of rotatable bonds is 8. The van der Waals surface area contributed by atoms with Gasteiger partial charge in [0.1, 0.15) is 5.75 Å². The van der Waals surface area contributed by atoms with Crippen molar-refractivity contribution < 1.29 is 9.53 Å². The number of primary amides is 1. The number of carbonyl (C=O) groups is 1. The van der Waals surface area contributed by atoms with Crippen LogP contribution >= 0.6 is 35.0 Å². The van der Waals surface area contributed by atoms with Gasteiger partial charge >= 0.3 is 0 Å². The lowest BCUT2D eigenvalue weighted by atomic mass is 10.3. The molecule has 1 unspecified atom stereocenters. The molecule has 0 aliphatic rings. The Labute approximate surface area is 154 Å². The number of benzene rings is 1. The van der Waals surface area contributed by atoms with Crippen LogP contribution in [0.1, 0.15) is 18.9 Å². The molecule has 1 atom stereocenters. The van der Waals surface area contributed by atoms with Crippen molar-refractivity contribution in [2.24, 2.45) is 5.73 Å². The Balaban J connectivity index is 2.22. The van der Waals surface area contributed by atoms with Gasteiger partial charge in [0, 0.05) is 11.6 Å². The standard InChI is InChI=1S/C15H16Cl2N4O2S/c1-3-6-21-14(19-20-15(21)24-8-13(18)22)9(2)23-12-5-4-10(16)7-11(12)17/h3-5,7,9H,1,6,8H2,2H3,(H2,18,22). The van der Waals surface area contributed by atoms with E-state index in [4.69, 9.17) is 33.7 Å². The number of nitrogens with zero attached hydrogens (tertiary/aromatic N) is 3. The summed E-state index contributed by atoms with van der Waals surface area (Å²) in [5.74, 6) is 0.779. The molecule has 0 saturated heterocycles. The molecular formula is C15H16Cl2N4O2S. The van der Waals surface area contributed by atoms with Crippen LogP contribution in [0.5, 0.6) is 5.75 Å². The van der Waals surface area contributed by atoms with Gasteiger partial charge in [-0.05, 0) is 25.1 Å². The number of nitrogens with two attached hydrogens (primary N) is 1. The summed E-state index contributed by atoms with van der Waals surface area (Å²) < 4.78 is 7.68. The van der Waals surface area contributed by atoms with Crippen molar-refractivity contribution in [1.29, 1.82) is 0 Å². The van der Waals surface area contributed by atoms with Gasteiger partial charge in [0.05, 0.1) is 10.8 Å². The highest BCUT2D eigenvalue weighted by atomic mass is 35.5. The molecule has 1 heterocycles. The van der Waals surface area contributed by atoms with E-state index in [-0.39, 0.29) is 5.75 Å². The van der Waals surface area contributed by atoms with Crippen molar-refractivity contribution in [3.8, 4) is 5.75 Å². The molecule has 1 aromatic heterocycles. The minimum absolute atomic E-state index is 0.119. The summed E-state index contributed by atoms with van der Waals surface area (Å²) in [6.07, 6.45) is 1.29. The van der Waals surface area contributed by atoms with Crippen molar-refractivity contribution in [2.75, 3.05) is 5.75 Å². The minimum atomic E-state index is -0.424. The topological polar surface area (TPSA) is 83.0 Å². The number of carbonyl (C=O) groups excluding carboxylic acids is 1. The second kappa shape index (κ2) is 8.41. The third-order valence-electron chi connectivity index (χ3n) is 2.96. The van der Waals surface area contributed by atoms with Crippen molar-refractivity contribution in [3.05, 3.63) is 46.7 Å². The summed E-state index contributed by atoms with van der Waals surface area (Å²) in [5.41, 5.74) is 5.17. The number of amides is 1. The van der Waals surface area contributed by atoms with Crippen LogP contribution in [0.4, 0.5) is 0 Å². The van der Waals surface area contributed by atoms with Crippen molar-refractivity contribution >= 4 is 40.9 Å². The van der Waals surface area contributed by atoms with Crippen molar-refractivity contribution in [3.63, 3.8) is 0 Å². The summed E-state index contributed by atoms with van der Waals surface area (Å²) in [7, 11) is 0. The smallest absolute Gasteiger partial charge is 0.227 e. The normalized spacial score (nSPS) is 12.0. The van der Waals surface area contributed by atoms with E-state index < -0.39 is 12.0 Å². The molecule has 2 aromatic rings. The van der Waals surface area contributed by atoms with Crippen LogP contribution in [-0.2, 0) is 11.3 Å². The molecule has 24 heavy (non-hydrogen) atoms. The number of aromatic nitrogens is 3. The van der Waals surface area contributed by atoms with Gasteiger partial charge in [0.15, 0.2) is 17.1 Å². The second-order valence-corrected chi connectivity index (χ2v) is 6.62. The van der Waals surface area contributed by atoms with Crippen molar-refractivity contribution in [2.45, 2.75) is 24.7 Å². The predicted molar refractivity (Wildman–Crippen MR) is 95.6 cm³/mol. The zero-order valence-corrected chi connectivity index (χ0v) is 15.2. The maximum atomic E-state index is 11.0. The molecule has 128 valence electrons. The number of thioether (sulfide) groups is 1. The highest BCUT2D eigenvalue weighted by Crippen LogP contribution is 2.31. The van der Waals surface area contributed by atoms with Gasteiger partial charge in [-0.15, -0.1) is 16.8 Å². The van der Waals surface area contributed by atoms with Gasteiger partial charge in [-0.2, -0.15) is 0 Å². The van der Waals surface area contributed by atoms with E-state index in [1.54, 1.807) is 24.3 Å². The lowest BCUT2D eigenvalue weighted by Gasteiger charge is -2.16. The molecule has 2 rings (SSSR count). The number of hydrogen-bond donors (Lipinski definition) is 1. The zero-order valence-electron chi connectivity index (χ0n) is 12.9. The molecule has 0 saturated carbocycles. The number of hydrogen-bond acceptors (Lipinski definition) is 5. The average Bonchev–Trinajstić information content (AvgIpc) is 2.91. The lowest BCUT2D eigenvalue weighted by Crippen LogP contribution is -2.15. The molecule has 1 aromatic carbocycles. The first-order valence-electron chi connectivity index (χ1n) is 6.99. The molecule has 1 amide bonds. The number of ether oxygens (including phenoxy) is 1. The first-order valence-corrected chi connectivity index (χ1v) is 8.73. The average molecular weight is 387 g/mol. The third kappa shape index (κ3) is 4.66. The van der Waals surface area contributed by atoms with Crippen LogP contribution in [0.3, 0.4) is 0 Å². The van der Waals surface area contributed by atoms with Crippen LogP contribution in [0, 0.1) is 0 Å². The number of halogens is 2. The number of allylic oxidation sites excluding steroid dienone is 1. The first kappa shape index (κ1) is 18.6. The fourth-order valence-corrected chi connectivity index (χ4v) is 3.10. The van der Waals surface area contributed by atoms with Gasteiger partial charge in [-0.25, -0.2) is 0 Å². The van der Waals surface area contributed by atoms with E-state index in [0.717, 1.165) is 0 Å². The maximum Gasteiger partial charge on any atom is 0.227 e. The Kier molecular flexibility index (Phi) is 6.53. The first-order chi connectivity index (χ1) is 11.4. The van der Waals surface area contributed by atoms with Crippen LogP contribution in [-0.4, -0.2) is 26.4 Å². The van der Waals surface area contributed by atoms with Crippen molar-refractivity contribution in [1.82, 2.24) is 14.8 Å². The monoisotopic (exact) mass is 386 g/mol. The second-order valence-electron chi connectivity index (χ2n) is 4.83. The molecular weight excluding hydrogens is 371 g/mol. The zero-order chi connectivity index (χ0) is 17.7. The Hall–Kier alpha value is -1.70.